The van der Waals surface area contributed by atoms with E-state index < -0.39 is 0 Å². The van der Waals surface area contributed by atoms with Gasteiger partial charge in [-0.05, 0) is 44.1 Å². The highest BCUT2D eigenvalue weighted by Gasteiger charge is 2.27. The third-order valence-corrected chi connectivity index (χ3v) is 3.56. The van der Waals surface area contributed by atoms with E-state index in [1.807, 2.05) is 0 Å². The molecule has 0 bridgehead atoms. The SMILES string of the molecule is C#CCCC(NCCC)C1CCC(C)C1. The predicted octanol–water partition coefficient (Wildman–Crippen LogP) is 3.20. The lowest BCUT2D eigenvalue weighted by Crippen LogP contribution is -2.35. The Morgan fingerprint density at radius 1 is 1.47 bits per heavy atom. The third kappa shape index (κ3) is 4.26. The van der Waals surface area contributed by atoms with Gasteiger partial charge in [-0.25, -0.2) is 0 Å². The topological polar surface area (TPSA) is 12.0 Å². The zero-order valence-electron chi connectivity index (χ0n) is 10.3. The van der Waals surface area contributed by atoms with Gasteiger partial charge in [-0.2, -0.15) is 0 Å². The van der Waals surface area contributed by atoms with Crippen molar-refractivity contribution < 1.29 is 0 Å². The standard InChI is InChI=1S/C14H25N/c1-4-6-7-14(15-10-5-2)13-9-8-12(3)11-13/h1,12-15H,5-11H2,2-3H3. The molecule has 0 radical (unpaired) electrons. The van der Waals surface area contributed by atoms with Crippen LogP contribution < -0.4 is 5.32 Å². The van der Waals surface area contributed by atoms with Gasteiger partial charge in [0.05, 0.1) is 0 Å². The largest absolute Gasteiger partial charge is 0.314 e. The molecular formula is C14H25N. The molecule has 1 saturated carbocycles. The Hall–Kier alpha value is -0.480. The van der Waals surface area contributed by atoms with Crippen LogP contribution in [0, 0.1) is 24.2 Å². The van der Waals surface area contributed by atoms with Crippen molar-refractivity contribution in [3.63, 3.8) is 0 Å². The molecule has 0 aromatic heterocycles. The zero-order valence-corrected chi connectivity index (χ0v) is 10.3. The highest BCUT2D eigenvalue weighted by molar-refractivity contribution is 4.89. The Morgan fingerprint density at radius 3 is 2.80 bits per heavy atom. The van der Waals surface area contributed by atoms with Gasteiger partial charge in [-0.3, -0.25) is 0 Å². The summed E-state index contributed by atoms with van der Waals surface area (Å²) in [5, 5.41) is 3.67. The Balaban J connectivity index is 2.37. The lowest BCUT2D eigenvalue weighted by molar-refractivity contribution is 0.336. The van der Waals surface area contributed by atoms with Gasteiger partial charge in [0.1, 0.15) is 0 Å². The summed E-state index contributed by atoms with van der Waals surface area (Å²) in [5.41, 5.74) is 0. The summed E-state index contributed by atoms with van der Waals surface area (Å²) in [6, 6.07) is 0.672. The van der Waals surface area contributed by atoms with E-state index in [0.29, 0.717) is 6.04 Å². The molecule has 0 amide bonds. The molecule has 15 heavy (non-hydrogen) atoms. The van der Waals surface area contributed by atoms with E-state index in [0.717, 1.165) is 31.2 Å². The van der Waals surface area contributed by atoms with E-state index in [9.17, 15) is 0 Å². The van der Waals surface area contributed by atoms with Crippen LogP contribution in [0.4, 0.5) is 0 Å². The molecule has 0 spiro atoms. The van der Waals surface area contributed by atoms with Crippen molar-refractivity contribution >= 4 is 0 Å². The van der Waals surface area contributed by atoms with E-state index in [-0.39, 0.29) is 0 Å². The molecule has 86 valence electrons. The Morgan fingerprint density at radius 2 is 2.27 bits per heavy atom. The second kappa shape index (κ2) is 6.90. The smallest absolute Gasteiger partial charge is 0.0104 e. The van der Waals surface area contributed by atoms with Gasteiger partial charge in [-0.15, -0.1) is 12.3 Å². The molecule has 0 aliphatic heterocycles. The van der Waals surface area contributed by atoms with E-state index in [4.69, 9.17) is 6.42 Å². The molecule has 1 aliphatic carbocycles. The Labute approximate surface area is 95.0 Å². The second-order valence-corrected chi connectivity index (χ2v) is 4.98. The maximum Gasteiger partial charge on any atom is 0.0104 e. The minimum Gasteiger partial charge on any atom is -0.314 e. The summed E-state index contributed by atoms with van der Waals surface area (Å²) in [4.78, 5) is 0. The van der Waals surface area contributed by atoms with Crippen LogP contribution in [0.1, 0.15) is 52.4 Å². The Kier molecular flexibility index (Phi) is 5.79. The lowest BCUT2D eigenvalue weighted by Gasteiger charge is -2.24. The maximum atomic E-state index is 5.35. The predicted molar refractivity (Wildman–Crippen MR) is 66.7 cm³/mol. The van der Waals surface area contributed by atoms with E-state index in [2.05, 4.69) is 25.1 Å². The van der Waals surface area contributed by atoms with Gasteiger partial charge >= 0.3 is 0 Å². The second-order valence-electron chi connectivity index (χ2n) is 4.98. The summed E-state index contributed by atoms with van der Waals surface area (Å²) in [6.45, 7) is 5.74. The molecule has 0 aromatic carbocycles. The number of nitrogens with one attached hydrogen (secondary N) is 1. The van der Waals surface area contributed by atoms with Crippen LogP contribution >= 0.6 is 0 Å². The van der Waals surface area contributed by atoms with Crippen molar-refractivity contribution in [1.82, 2.24) is 5.32 Å². The fraction of sp³-hybridized carbons (Fsp3) is 0.857. The number of hydrogen-bond acceptors (Lipinski definition) is 1. The minimum absolute atomic E-state index is 0.672. The molecule has 1 rings (SSSR count). The zero-order chi connectivity index (χ0) is 11.1. The lowest BCUT2D eigenvalue weighted by atomic mass is 9.93. The third-order valence-electron chi connectivity index (χ3n) is 3.56. The number of hydrogen-bond donors (Lipinski definition) is 1. The molecule has 1 N–H and O–H groups in total. The highest BCUT2D eigenvalue weighted by Crippen LogP contribution is 2.33. The summed E-state index contributed by atoms with van der Waals surface area (Å²) >= 11 is 0. The number of terminal acetylenes is 1. The highest BCUT2D eigenvalue weighted by atomic mass is 14.9. The van der Waals surface area contributed by atoms with Crippen LogP contribution in [0.5, 0.6) is 0 Å². The molecule has 0 heterocycles. The quantitative estimate of drug-likeness (QED) is 0.660. The minimum atomic E-state index is 0.672. The van der Waals surface area contributed by atoms with Crippen molar-refractivity contribution in [2.45, 2.75) is 58.4 Å². The van der Waals surface area contributed by atoms with Crippen molar-refractivity contribution in [2.75, 3.05) is 6.54 Å². The van der Waals surface area contributed by atoms with Crippen LogP contribution in [0.2, 0.25) is 0 Å². The molecule has 0 aromatic rings. The molecule has 1 nitrogen and oxygen atoms in total. The van der Waals surface area contributed by atoms with Crippen LogP contribution in [-0.4, -0.2) is 12.6 Å². The molecular weight excluding hydrogens is 182 g/mol. The van der Waals surface area contributed by atoms with E-state index in [1.54, 1.807) is 0 Å². The first-order valence-electron chi connectivity index (χ1n) is 6.44. The first-order chi connectivity index (χ1) is 7.27. The average Bonchev–Trinajstić information content (AvgIpc) is 2.65. The normalized spacial score (nSPS) is 27.5. The van der Waals surface area contributed by atoms with Crippen LogP contribution in [0.15, 0.2) is 0 Å². The van der Waals surface area contributed by atoms with Crippen molar-refractivity contribution in [3.8, 4) is 12.3 Å². The van der Waals surface area contributed by atoms with Crippen LogP contribution in [0.3, 0.4) is 0 Å². The molecule has 1 aliphatic rings. The summed E-state index contributed by atoms with van der Waals surface area (Å²) in [5.74, 6) is 4.57. The van der Waals surface area contributed by atoms with E-state index in [1.165, 1.54) is 25.7 Å². The van der Waals surface area contributed by atoms with Gasteiger partial charge in [0, 0.05) is 12.5 Å². The maximum absolute atomic E-state index is 5.35. The van der Waals surface area contributed by atoms with Crippen molar-refractivity contribution in [1.29, 1.82) is 0 Å². The van der Waals surface area contributed by atoms with Gasteiger partial charge in [-0.1, -0.05) is 20.3 Å². The molecule has 3 atom stereocenters. The fourth-order valence-corrected chi connectivity index (χ4v) is 2.69. The Bertz CT molecular complexity index is 204. The van der Waals surface area contributed by atoms with Crippen molar-refractivity contribution in [2.24, 2.45) is 11.8 Å². The van der Waals surface area contributed by atoms with Gasteiger partial charge in [0.2, 0.25) is 0 Å². The van der Waals surface area contributed by atoms with Crippen LogP contribution in [0.25, 0.3) is 0 Å². The first-order valence-corrected chi connectivity index (χ1v) is 6.44. The molecule has 0 saturated heterocycles. The monoisotopic (exact) mass is 207 g/mol. The summed E-state index contributed by atoms with van der Waals surface area (Å²) in [6.07, 6.45) is 12.9. The van der Waals surface area contributed by atoms with E-state index >= 15 is 0 Å². The van der Waals surface area contributed by atoms with Gasteiger partial charge in [0.25, 0.3) is 0 Å². The van der Waals surface area contributed by atoms with Crippen LogP contribution in [-0.2, 0) is 0 Å². The summed E-state index contributed by atoms with van der Waals surface area (Å²) < 4.78 is 0. The van der Waals surface area contributed by atoms with Crippen molar-refractivity contribution in [3.05, 3.63) is 0 Å². The average molecular weight is 207 g/mol. The molecule has 1 fully saturated rings. The number of rotatable bonds is 6. The summed E-state index contributed by atoms with van der Waals surface area (Å²) in [7, 11) is 0. The molecule has 3 unspecified atom stereocenters. The molecule has 1 heteroatoms. The van der Waals surface area contributed by atoms with Gasteiger partial charge in [0.15, 0.2) is 0 Å². The van der Waals surface area contributed by atoms with Gasteiger partial charge < -0.3 is 5.32 Å². The fourth-order valence-electron chi connectivity index (χ4n) is 2.69. The first kappa shape index (κ1) is 12.6.